The van der Waals surface area contributed by atoms with Gasteiger partial charge in [-0.2, -0.15) is 0 Å². The fourth-order valence-corrected chi connectivity index (χ4v) is 6.09. The number of ether oxygens (including phenoxy) is 1. The number of amides is 2. The summed E-state index contributed by atoms with van der Waals surface area (Å²) in [7, 11) is 0. The van der Waals surface area contributed by atoms with E-state index in [1.807, 2.05) is 37.3 Å². The molecule has 0 spiro atoms. The molecule has 1 saturated carbocycles. The maximum Gasteiger partial charge on any atom is 0.291 e. The number of hydrogen-bond acceptors (Lipinski definition) is 4. The number of fused-ring (bicyclic) bond motifs is 1. The number of anilines is 1. The average Bonchev–Trinajstić information content (AvgIpc) is 3.69. The summed E-state index contributed by atoms with van der Waals surface area (Å²) >= 11 is 0. The number of benzene rings is 3. The van der Waals surface area contributed by atoms with Gasteiger partial charge in [0.15, 0.2) is 5.76 Å². The number of nitrogens with zero attached hydrogens (tertiary/aromatic N) is 1. The SMILES string of the molecule is Cc1ccc(NC(=O)c2ccc(COc3ccc4c(c3)C(c3cccc(C)c3)N(C(=O)C3CCCC3)CC4)o2)cc1. The molecule has 4 aromatic rings. The predicted molar refractivity (Wildman–Crippen MR) is 159 cm³/mol. The van der Waals surface area contributed by atoms with Gasteiger partial charge in [0.25, 0.3) is 5.91 Å². The highest BCUT2D eigenvalue weighted by atomic mass is 16.5. The van der Waals surface area contributed by atoms with E-state index in [-0.39, 0.29) is 36.1 Å². The largest absolute Gasteiger partial charge is 0.486 e. The molecule has 2 heterocycles. The molecule has 1 N–H and O–H groups in total. The Bertz CT molecular complexity index is 1550. The lowest BCUT2D eigenvalue weighted by atomic mass is 9.86. The number of aryl methyl sites for hydroxylation is 2. The molecule has 6 nitrogen and oxygen atoms in total. The number of hydrogen-bond donors (Lipinski definition) is 1. The molecule has 2 amide bonds. The summed E-state index contributed by atoms with van der Waals surface area (Å²) in [5.41, 5.74) is 6.50. The van der Waals surface area contributed by atoms with Crippen LogP contribution in [0.15, 0.2) is 83.3 Å². The second-order valence-corrected chi connectivity index (χ2v) is 11.3. The van der Waals surface area contributed by atoms with Crippen molar-refractivity contribution in [2.45, 2.75) is 58.6 Å². The van der Waals surface area contributed by atoms with Crippen molar-refractivity contribution in [2.24, 2.45) is 5.92 Å². The van der Waals surface area contributed by atoms with Crippen LogP contribution in [0.25, 0.3) is 0 Å². The molecule has 0 saturated heterocycles. The molecule has 1 aromatic heterocycles. The van der Waals surface area contributed by atoms with Gasteiger partial charge in [-0.05, 0) is 86.2 Å². The molecule has 2 aliphatic rings. The average molecular weight is 549 g/mol. The van der Waals surface area contributed by atoms with E-state index in [1.54, 1.807) is 12.1 Å². The number of carbonyl (C=O) groups is 2. The van der Waals surface area contributed by atoms with Gasteiger partial charge in [-0.15, -0.1) is 0 Å². The highest BCUT2D eigenvalue weighted by molar-refractivity contribution is 6.02. The summed E-state index contributed by atoms with van der Waals surface area (Å²) in [6.45, 7) is 5.01. The normalized spacial score (nSPS) is 16.8. The monoisotopic (exact) mass is 548 g/mol. The molecule has 210 valence electrons. The van der Waals surface area contributed by atoms with Crippen LogP contribution < -0.4 is 10.1 Å². The van der Waals surface area contributed by atoms with Gasteiger partial charge in [-0.25, -0.2) is 0 Å². The van der Waals surface area contributed by atoms with Gasteiger partial charge in [0, 0.05) is 18.2 Å². The van der Waals surface area contributed by atoms with Gasteiger partial charge in [-0.3, -0.25) is 9.59 Å². The molecule has 1 atom stereocenters. The Kier molecular flexibility index (Phi) is 7.64. The molecule has 41 heavy (non-hydrogen) atoms. The number of nitrogens with one attached hydrogen (secondary N) is 1. The third-order valence-electron chi connectivity index (χ3n) is 8.27. The van der Waals surface area contributed by atoms with Crippen molar-refractivity contribution < 1.29 is 18.7 Å². The summed E-state index contributed by atoms with van der Waals surface area (Å²) in [5.74, 6) is 1.60. The Balaban J connectivity index is 1.20. The molecular formula is C35H36N2O4. The molecule has 3 aromatic carbocycles. The van der Waals surface area contributed by atoms with Crippen LogP contribution in [0.2, 0.25) is 0 Å². The number of rotatable bonds is 7. The van der Waals surface area contributed by atoms with Crippen LogP contribution in [0.3, 0.4) is 0 Å². The first kappa shape index (κ1) is 26.9. The van der Waals surface area contributed by atoms with E-state index in [2.05, 4.69) is 53.5 Å². The zero-order chi connectivity index (χ0) is 28.3. The summed E-state index contributed by atoms with van der Waals surface area (Å²) in [5, 5.41) is 2.86. The maximum atomic E-state index is 13.7. The Labute approximate surface area is 241 Å². The Hall–Kier alpha value is -4.32. The first-order valence-corrected chi connectivity index (χ1v) is 14.5. The van der Waals surface area contributed by atoms with Crippen LogP contribution in [0.1, 0.15) is 75.9 Å². The van der Waals surface area contributed by atoms with Crippen molar-refractivity contribution in [1.29, 1.82) is 0 Å². The first-order chi connectivity index (χ1) is 19.9. The van der Waals surface area contributed by atoms with Crippen molar-refractivity contribution in [3.63, 3.8) is 0 Å². The molecular weight excluding hydrogens is 512 g/mol. The maximum absolute atomic E-state index is 13.7. The third kappa shape index (κ3) is 5.92. The van der Waals surface area contributed by atoms with Crippen molar-refractivity contribution in [2.75, 3.05) is 11.9 Å². The second-order valence-electron chi connectivity index (χ2n) is 11.3. The van der Waals surface area contributed by atoms with E-state index in [0.29, 0.717) is 17.2 Å². The molecule has 1 aliphatic heterocycles. The Morgan fingerprint density at radius 1 is 0.927 bits per heavy atom. The summed E-state index contributed by atoms with van der Waals surface area (Å²) in [6, 6.07) is 25.6. The van der Waals surface area contributed by atoms with Gasteiger partial charge in [0.1, 0.15) is 18.1 Å². The van der Waals surface area contributed by atoms with E-state index in [1.165, 1.54) is 11.1 Å². The minimum atomic E-state index is -0.304. The van der Waals surface area contributed by atoms with Gasteiger partial charge in [0.2, 0.25) is 5.91 Å². The summed E-state index contributed by atoms with van der Waals surface area (Å²) in [6.07, 6.45) is 5.07. The molecule has 0 bridgehead atoms. The smallest absolute Gasteiger partial charge is 0.291 e. The van der Waals surface area contributed by atoms with Crippen LogP contribution in [0.5, 0.6) is 5.75 Å². The van der Waals surface area contributed by atoms with E-state index >= 15 is 0 Å². The Morgan fingerprint density at radius 3 is 2.51 bits per heavy atom. The minimum absolute atomic E-state index is 0.125. The van der Waals surface area contributed by atoms with Gasteiger partial charge >= 0.3 is 0 Å². The van der Waals surface area contributed by atoms with Crippen molar-refractivity contribution >= 4 is 17.5 Å². The topological polar surface area (TPSA) is 71.8 Å². The zero-order valence-electron chi connectivity index (χ0n) is 23.7. The minimum Gasteiger partial charge on any atom is -0.486 e. The van der Waals surface area contributed by atoms with Crippen LogP contribution in [-0.4, -0.2) is 23.3 Å². The second kappa shape index (κ2) is 11.7. The van der Waals surface area contributed by atoms with Crippen LogP contribution >= 0.6 is 0 Å². The molecule has 1 aliphatic carbocycles. The molecule has 6 heteroatoms. The molecule has 1 unspecified atom stereocenters. The van der Waals surface area contributed by atoms with E-state index in [4.69, 9.17) is 9.15 Å². The van der Waals surface area contributed by atoms with Gasteiger partial charge in [-0.1, -0.05) is 66.4 Å². The van der Waals surface area contributed by atoms with Crippen LogP contribution in [0.4, 0.5) is 5.69 Å². The molecule has 1 fully saturated rings. The summed E-state index contributed by atoms with van der Waals surface area (Å²) in [4.78, 5) is 28.5. The molecule has 6 rings (SSSR count). The quantitative estimate of drug-likeness (QED) is 0.261. The highest BCUT2D eigenvalue weighted by Crippen LogP contribution is 2.40. The Morgan fingerprint density at radius 2 is 1.73 bits per heavy atom. The third-order valence-corrected chi connectivity index (χ3v) is 8.27. The van der Waals surface area contributed by atoms with Crippen molar-refractivity contribution in [3.05, 3.63) is 118 Å². The van der Waals surface area contributed by atoms with E-state index in [0.717, 1.165) is 55.3 Å². The van der Waals surface area contributed by atoms with Crippen LogP contribution in [-0.2, 0) is 17.8 Å². The lowest BCUT2D eigenvalue weighted by Gasteiger charge is -2.39. The number of carbonyl (C=O) groups excluding carboxylic acids is 2. The standard InChI is InChI=1S/C35H36N2O4/c1-23-10-13-28(14-11-23)36-34(38)32-17-16-30(41-32)22-40-29-15-12-25-18-19-37(35(39)26-7-3-4-8-26)33(31(25)21-29)27-9-5-6-24(2)20-27/h5-6,9-17,20-21,26,33H,3-4,7-8,18-19,22H2,1-2H3,(H,36,38). The fraction of sp³-hybridized carbons (Fsp3) is 0.314. The van der Waals surface area contributed by atoms with Gasteiger partial charge < -0.3 is 19.4 Å². The summed E-state index contributed by atoms with van der Waals surface area (Å²) < 4.78 is 12.0. The highest BCUT2D eigenvalue weighted by Gasteiger charge is 2.36. The van der Waals surface area contributed by atoms with Crippen molar-refractivity contribution in [1.82, 2.24) is 4.90 Å². The number of furan rings is 1. The predicted octanol–water partition coefficient (Wildman–Crippen LogP) is 7.39. The first-order valence-electron chi connectivity index (χ1n) is 14.5. The fourth-order valence-electron chi connectivity index (χ4n) is 6.09. The lowest BCUT2D eigenvalue weighted by molar-refractivity contribution is -0.137. The van der Waals surface area contributed by atoms with E-state index in [9.17, 15) is 9.59 Å². The van der Waals surface area contributed by atoms with Gasteiger partial charge in [0.05, 0.1) is 6.04 Å². The lowest BCUT2D eigenvalue weighted by Crippen LogP contribution is -2.43. The zero-order valence-corrected chi connectivity index (χ0v) is 23.7. The molecule has 0 radical (unpaired) electrons. The van der Waals surface area contributed by atoms with Crippen LogP contribution in [0, 0.1) is 19.8 Å². The van der Waals surface area contributed by atoms with E-state index < -0.39 is 0 Å². The van der Waals surface area contributed by atoms with Crippen molar-refractivity contribution in [3.8, 4) is 5.75 Å².